The molecular weight excluding hydrogens is 372 g/mol. The summed E-state index contributed by atoms with van der Waals surface area (Å²) in [6.45, 7) is 4.00. The SMILES string of the molecule is CCN(Cc1ccccc1)C(=O)c1ccnc(NCCc2c[nH]c3ccccc23)c1. The third kappa shape index (κ3) is 4.51. The predicted octanol–water partition coefficient (Wildman–Crippen LogP) is 4.88. The summed E-state index contributed by atoms with van der Waals surface area (Å²) in [4.78, 5) is 22.5. The highest BCUT2D eigenvalue weighted by Crippen LogP contribution is 2.18. The Hall–Kier alpha value is -3.60. The van der Waals surface area contributed by atoms with Crippen molar-refractivity contribution >= 4 is 22.6 Å². The van der Waals surface area contributed by atoms with E-state index in [-0.39, 0.29) is 5.91 Å². The number of fused-ring (bicyclic) bond motifs is 1. The van der Waals surface area contributed by atoms with E-state index in [0.717, 1.165) is 29.9 Å². The molecule has 0 aliphatic rings. The Labute approximate surface area is 176 Å². The van der Waals surface area contributed by atoms with Crippen molar-refractivity contribution < 1.29 is 4.79 Å². The summed E-state index contributed by atoms with van der Waals surface area (Å²) in [6, 6.07) is 22.0. The minimum absolute atomic E-state index is 0.0171. The molecule has 0 aliphatic carbocycles. The van der Waals surface area contributed by atoms with E-state index in [1.807, 2.05) is 54.3 Å². The van der Waals surface area contributed by atoms with Crippen LogP contribution >= 0.6 is 0 Å². The number of para-hydroxylation sites is 1. The van der Waals surface area contributed by atoms with Gasteiger partial charge in [0.2, 0.25) is 0 Å². The second-order valence-corrected chi connectivity index (χ2v) is 7.27. The molecule has 30 heavy (non-hydrogen) atoms. The van der Waals surface area contributed by atoms with Crippen LogP contribution in [-0.4, -0.2) is 33.9 Å². The molecule has 2 N–H and O–H groups in total. The lowest BCUT2D eigenvalue weighted by Gasteiger charge is -2.21. The van der Waals surface area contributed by atoms with Crippen molar-refractivity contribution in [3.05, 3.63) is 95.8 Å². The highest BCUT2D eigenvalue weighted by atomic mass is 16.2. The summed E-state index contributed by atoms with van der Waals surface area (Å²) in [6.07, 6.45) is 4.62. The molecule has 2 aromatic carbocycles. The normalized spacial score (nSPS) is 10.8. The van der Waals surface area contributed by atoms with Crippen molar-refractivity contribution in [1.29, 1.82) is 0 Å². The van der Waals surface area contributed by atoms with Crippen LogP contribution < -0.4 is 5.32 Å². The van der Waals surface area contributed by atoms with Gasteiger partial charge in [0.1, 0.15) is 5.82 Å². The largest absolute Gasteiger partial charge is 0.370 e. The maximum absolute atomic E-state index is 13.0. The second-order valence-electron chi connectivity index (χ2n) is 7.27. The van der Waals surface area contributed by atoms with Gasteiger partial charge in [-0.15, -0.1) is 0 Å². The number of aromatic amines is 1. The number of pyridine rings is 1. The van der Waals surface area contributed by atoms with Crippen molar-refractivity contribution in [3.63, 3.8) is 0 Å². The first-order valence-electron chi connectivity index (χ1n) is 10.3. The summed E-state index contributed by atoms with van der Waals surface area (Å²) in [5.41, 5.74) is 4.19. The first kappa shape index (κ1) is 19.7. The number of carbonyl (C=O) groups is 1. The molecule has 4 aromatic rings. The van der Waals surface area contributed by atoms with Crippen LogP contribution in [-0.2, 0) is 13.0 Å². The zero-order chi connectivity index (χ0) is 20.8. The van der Waals surface area contributed by atoms with E-state index in [1.165, 1.54) is 10.9 Å². The number of rotatable bonds is 8. The maximum atomic E-state index is 13.0. The number of benzene rings is 2. The first-order chi connectivity index (χ1) is 14.7. The third-order valence-corrected chi connectivity index (χ3v) is 5.27. The molecule has 1 amide bonds. The lowest BCUT2D eigenvalue weighted by molar-refractivity contribution is 0.0752. The average Bonchev–Trinajstić information content (AvgIpc) is 3.21. The molecule has 0 fully saturated rings. The van der Waals surface area contributed by atoms with Gasteiger partial charge in [0.15, 0.2) is 0 Å². The average molecular weight is 399 g/mol. The summed E-state index contributed by atoms with van der Waals surface area (Å²) in [7, 11) is 0. The Morgan fingerprint density at radius 2 is 1.87 bits per heavy atom. The Balaban J connectivity index is 1.39. The molecule has 5 heteroatoms. The quantitative estimate of drug-likeness (QED) is 0.445. The number of anilines is 1. The van der Waals surface area contributed by atoms with Crippen LogP contribution in [0, 0.1) is 0 Å². The van der Waals surface area contributed by atoms with Gasteiger partial charge in [-0.25, -0.2) is 4.98 Å². The minimum Gasteiger partial charge on any atom is -0.370 e. The fourth-order valence-electron chi connectivity index (χ4n) is 3.64. The van der Waals surface area contributed by atoms with Gasteiger partial charge in [-0.05, 0) is 42.7 Å². The van der Waals surface area contributed by atoms with E-state index in [0.29, 0.717) is 18.7 Å². The van der Waals surface area contributed by atoms with E-state index < -0.39 is 0 Å². The van der Waals surface area contributed by atoms with E-state index in [2.05, 4.69) is 39.7 Å². The number of aromatic nitrogens is 2. The van der Waals surface area contributed by atoms with Crippen LogP contribution in [0.4, 0.5) is 5.82 Å². The standard InChI is InChI=1S/C25H26N4O/c1-2-29(18-19-8-4-3-5-9-19)25(30)20-12-14-26-24(16-20)27-15-13-21-17-28-23-11-7-6-10-22(21)23/h3-12,14,16-17,28H,2,13,15,18H2,1H3,(H,26,27). The summed E-state index contributed by atoms with van der Waals surface area (Å²) in [5, 5.41) is 4.60. The molecule has 0 radical (unpaired) electrons. The van der Waals surface area contributed by atoms with Gasteiger partial charge in [0, 0.05) is 48.5 Å². The van der Waals surface area contributed by atoms with Gasteiger partial charge in [0.25, 0.3) is 5.91 Å². The third-order valence-electron chi connectivity index (χ3n) is 5.27. The number of hydrogen-bond acceptors (Lipinski definition) is 3. The Morgan fingerprint density at radius 1 is 1.07 bits per heavy atom. The number of hydrogen-bond donors (Lipinski definition) is 2. The van der Waals surface area contributed by atoms with Crippen LogP contribution in [0.2, 0.25) is 0 Å². The molecule has 0 unspecified atom stereocenters. The predicted molar refractivity (Wildman–Crippen MR) is 122 cm³/mol. The van der Waals surface area contributed by atoms with Crippen LogP contribution in [0.25, 0.3) is 10.9 Å². The highest BCUT2D eigenvalue weighted by molar-refractivity contribution is 5.94. The zero-order valence-electron chi connectivity index (χ0n) is 17.1. The Morgan fingerprint density at radius 3 is 2.70 bits per heavy atom. The van der Waals surface area contributed by atoms with Crippen LogP contribution in [0.15, 0.2) is 79.1 Å². The van der Waals surface area contributed by atoms with E-state index in [9.17, 15) is 4.79 Å². The molecule has 0 bridgehead atoms. The molecule has 152 valence electrons. The van der Waals surface area contributed by atoms with E-state index in [4.69, 9.17) is 0 Å². The van der Waals surface area contributed by atoms with Crippen LogP contribution in [0.1, 0.15) is 28.4 Å². The molecule has 0 saturated heterocycles. The lowest BCUT2D eigenvalue weighted by atomic mass is 10.1. The summed E-state index contributed by atoms with van der Waals surface area (Å²) < 4.78 is 0. The van der Waals surface area contributed by atoms with Gasteiger partial charge in [-0.3, -0.25) is 4.79 Å². The summed E-state index contributed by atoms with van der Waals surface area (Å²) in [5.74, 6) is 0.736. The lowest BCUT2D eigenvalue weighted by Crippen LogP contribution is -2.30. The number of nitrogens with zero attached hydrogens (tertiary/aromatic N) is 2. The Kier molecular flexibility index (Phi) is 6.09. The molecular formula is C25H26N4O. The first-order valence-corrected chi connectivity index (χ1v) is 10.3. The smallest absolute Gasteiger partial charge is 0.254 e. The fraction of sp³-hybridized carbons (Fsp3) is 0.200. The van der Waals surface area contributed by atoms with Gasteiger partial charge in [0.05, 0.1) is 0 Å². The number of H-pyrrole nitrogens is 1. The maximum Gasteiger partial charge on any atom is 0.254 e. The van der Waals surface area contributed by atoms with Gasteiger partial charge in [-0.1, -0.05) is 48.5 Å². The van der Waals surface area contributed by atoms with Crippen LogP contribution in [0.3, 0.4) is 0 Å². The van der Waals surface area contributed by atoms with Crippen molar-refractivity contribution in [3.8, 4) is 0 Å². The van der Waals surface area contributed by atoms with Gasteiger partial charge >= 0.3 is 0 Å². The molecule has 2 heterocycles. The van der Waals surface area contributed by atoms with Crippen molar-refractivity contribution in [1.82, 2.24) is 14.9 Å². The molecule has 2 aromatic heterocycles. The number of nitrogens with one attached hydrogen (secondary N) is 2. The minimum atomic E-state index is 0.0171. The molecule has 4 rings (SSSR count). The molecule has 0 spiro atoms. The topological polar surface area (TPSA) is 61.0 Å². The zero-order valence-corrected chi connectivity index (χ0v) is 17.1. The Bertz CT molecular complexity index is 1120. The molecule has 5 nitrogen and oxygen atoms in total. The van der Waals surface area contributed by atoms with Crippen molar-refractivity contribution in [2.75, 3.05) is 18.4 Å². The number of carbonyl (C=O) groups excluding carboxylic acids is 1. The van der Waals surface area contributed by atoms with E-state index in [1.54, 1.807) is 12.3 Å². The van der Waals surface area contributed by atoms with Crippen molar-refractivity contribution in [2.24, 2.45) is 0 Å². The summed E-state index contributed by atoms with van der Waals surface area (Å²) >= 11 is 0. The molecule has 0 saturated carbocycles. The van der Waals surface area contributed by atoms with Crippen molar-refractivity contribution in [2.45, 2.75) is 19.9 Å². The fourth-order valence-corrected chi connectivity index (χ4v) is 3.64. The highest BCUT2D eigenvalue weighted by Gasteiger charge is 2.15. The molecule has 0 atom stereocenters. The van der Waals surface area contributed by atoms with Crippen LogP contribution in [0.5, 0.6) is 0 Å². The second kappa shape index (κ2) is 9.27. The van der Waals surface area contributed by atoms with Gasteiger partial charge < -0.3 is 15.2 Å². The monoisotopic (exact) mass is 398 g/mol. The molecule has 0 aliphatic heterocycles. The van der Waals surface area contributed by atoms with Gasteiger partial charge in [-0.2, -0.15) is 0 Å². The van der Waals surface area contributed by atoms with E-state index >= 15 is 0 Å². The number of amides is 1.